The number of nitrogens with two attached hydrogens (primary N) is 1. The summed E-state index contributed by atoms with van der Waals surface area (Å²) in [5.74, 6) is 0.812. The SMILES string of the molecule is COc1ccc(F)cc1C(N)C1CCCCC1(C)C. The van der Waals surface area contributed by atoms with Crippen molar-refractivity contribution in [3.05, 3.63) is 29.6 Å². The maximum Gasteiger partial charge on any atom is 0.123 e. The number of hydrogen-bond acceptors (Lipinski definition) is 2. The van der Waals surface area contributed by atoms with Crippen molar-refractivity contribution in [2.75, 3.05) is 7.11 Å². The number of halogens is 1. The van der Waals surface area contributed by atoms with Crippen LogP contribution in [0.3, 0.4) is 0 Å². The lowest BCUT2D eigenvalue weighted by molar-refractivity contribution is 0.111. The van der Waals surface area contributed by atoms with Gasteiger partial charge >= 0.3 is 0 Å². The average molecular weight is 265 g/mol. The Kier molecular flexibility index (Phi) is 4.14. The second kappa shape index (κ2) is 5.49. The van der Waals surface area contributed by atoms with E-state index in [2.05, 4.69) is 13.8 Å². The van der Waals surface area contributed by atoms with Crippen LogP contribution >= 0.6 is 0 Å². The monoisotopic (exact) mass is 265 g/mol. The zero-order valence-electron chi connectivity index (χ0n) is 12.1. The summed E-state index contributed by atoms with van der Waals surface area (Å²) < 4.78 is 18.8. The van der Waals surface area contributed by atoms with Crippen LogP contribution in [0.1, 0.15) is 51.1 Å². The molecule has 0 aromatic heterocycles. The Morgan fingerprint density at radius 3 is 2.74 bits per heavy atom. The van der Waals surface area contributed by atoms with Crippen LogP contribution in [-0.4, -0.2) is 7.11 Å². The fourth-order valence-electron chi connectivity index (χ4n) is 3.37. The normalized spacial score (nSPS) is 23.9. The molecular formula is C16H24FNO. The van der Waals surface area contributed by atoms with Crippen molar-refractivity contribution in [2.45, 2.75) is 45.6 Å². The molecule has 3 heteroatoms. The van der Waals surface area contributed by atoms with Gasteiger partial charge in [0, 0.05) is 11.6 Å². The topological polar surface area (TPSA) is 35.2 Å². The Morgan fingerprint density at radius 2 is 2.11 bits per heavy atom. The minimum absolute atomic E-state index is 0.166. The lowest BCUT2D eigenvalue weighted by Crippen LogP contribution is -2.36. The third-order valence-electron chi connectivity index (χ3n) is 4.57. The van der Waals surface area contributed by atoms with Gasteiger partial charge in [0.1, 0.15) is 11.6 Å². The van der Waals surface area contributed by atoms with Gasteiger partial charge in [0.15, 0.2) is 0 Å². The van der Waals surface area contributed by atoms with Gasteiger partial charge in [0.2, 0.25) is 0 Å². The van der Waals surface area contributed by atoms with E-state index in [0.29, 0.717) is 11.7 Å². The highest BCUT2D eigenvalue weighted by Gasteiger charge is 2.37. The molecule has 1 aromatic carbocycles. The predicted octanol–water partition coefficient (Wildman–Crippen LogP) is 4.05. The number of methoxy groups -OCH3 is 1. The summed E-state index contributed by atoms with van der Waals surface area (Å²) in [6.07, 6.45) is 4.76. The molecule has 2 rings (SSSR count). The van der Waals surface area contributed by atoms with Gasteiger partial charge in [-0.2, -0.15) is 0 Å². The molecule has 2 atom stereocenters. The summed E-state index contributed by atoms with van der Waals surface area (Å²) in [5.41, 5.74) is 7.44. The van der Waals surface area contributed by atoms with Crippen LogP contribution in [0.5, 0.6) is 5.75 Å². The summed E-state index contributed by atoms with van der Waals surface area (Å²) in [6, 6.07) is 4.44. The maximum atomic E-state index is 13.5. The van der Waals surface area contributed by atoms with E-state index >= 15 is 0 Å². The Labute approximate surface area is 115 Å². The number of hydrogen-bond donors (Lipinski definition) is 1. The van der Waals surface area contributed by atoms with Crippen LogP contribution in [0.25, 0.3) is 0 Å². The Morgan fingerprint density at radius 1 is 1.37 bits per heavy atom. The van der Waals surface area contributed by atoms with Crippen LogP contribution in [0, 0.1) is 17.2 Å². The van der Waals surface area contributed by atoms with Gasteiger partial charge in [-0.3, -0.25) is 0 Å². The van der Waals surface area contributed by atoms with Crippen molar-refractivity contribution in [1.82, 2.24) is 0 Å². The van der Waals surface area contributed by atoms with Crippen molar-refractivity contribution < 1.29 is 9.13 Å². The van der Waals surface area contributed by atoms with E-state index in [1.54, 1.807) is 13.2 Å². The zero-order chi connectivity index (χ0) is 14.0. The van der Waals surface area contributed by atoms with Gasteiger partial charge in [-0.05, 0) is 42.4 Å². The molecule has 0 bridgehead atoms. The van der Waals surface area contributed by atoms with E-state index in [0.717, 1.165) is 12.0 Å². The molecule has 19 heavy (non-hydrogen) atoms. The van der Waals surface area contributed by atoms with Crippen molar-refractivity contribution in [3.63, 3.8) is 0 Å². The Bertz CT molecular complexity index is 444. The van der Waals surface area contributed by atoms with Crippen LogP contribution < -0.4 is 10.5 Å². The minimum atomic E-state index is -0.250. The number of ether oxygens (including phenoxy) is 1. The molecule has 1 aliphatic rings. The highest BCUT2D eigenvalue weighted by Crippen LogP contribution is 2.47. The van der Waals surface area contributed by atoms with Crippen molar-refractivity contribution in [2.24, 2.45) is 17.1 Å². The van der Waals surface area contributed by atoms with Crippen molar-refractivity contribution >= 4 is 0 Å². The smallest absolute Gasteiger partial charge is 0.123 e. The first kappa shape index (κ1) is 14.3. The summed E-state index contributed by atoms with van der Waals surface area (Å²) in [6.45, 7) is 4.53. The molecular weight excluding hydrogens is 241 g/mol. The van der Waals surface area contributed by atoms with Crippen LogP contribution in [0.2, 0.25) is 0 Å². The van der Waals surface area contributed by atoms with Gasteiger partial charge in [-0.25, -0.2) is 4.39 Å². The van der Waals surface area contributed by atoms with Crippen LogP contribution in [0.4, 0.5) is 4.39 Å². The predicted molar refractivity (Wildman–Crippen MR) is 75.6 cm³/mol. The second-order valence-electron chi connectivity index (χ2n) is 6.25. The average Bonchev–Trinajstić information content (AvgIpc) is 2.37. The molecule has 0 radical (unpaired) electrons. The quantitative estimate of drug-likeness (QED) is 0.894. The molecule has 0 amide bonds. The first-order valence-corrected chi connectivity index (χ1v) is 7.05. The standard InChI is InChI=1S/C16H24FNO/c1-16(2)9-5-4-6-13(16)15(18)12-10-11(17)7-8-14(12)19-3/h7-8,10,13,15H,4-6,9,18H2,1-3H3. The molecule has 0 heterocycles. The summed E-state index contributed by atoms with van der Waals surface area (Å²) in [4.78, 5) is 0. The van der Waals surface area contributed by atoms with Crippen LogP contribution in [-0.2, 0) is 0 Å². The second-order valence-corrected chi connectivity index (χ2v) is 6.25. The molecule has 0 aliphatic heterocycles. The van der Waals surface area contributed by atoms with E-state index < -0.39 is 0 Å². The number of benzene rings is 1. The highest BCUT2D eigenvalue weighted by atomic mass is 19.1. The largest absolute Gasteiger partial charge is 0.496 e. The first-order valence-electron chi connectivity index (χ1n) is 7.05. The van der Waals surface area contributed by atoms with E-state index in [1.165, 1.54) is 31.4 Å². The fourth-order valence-corrected chi connectivity index (χ4v) is 3.37. The van der Waals surface area contributed by atoms with Gasteiger partial charge in [-0.1, -0.05) is 26.7 Å². The third kappa shape index (κ3) is 2.92. The number of rotatable bonds is 3. The molecule has 1 aliphatic carbocycles. The molecule has 2 unspecified atom stereocenters. The Balaban J connectivity index is 2.32. The van der Waals surface area contributed by atoms with E-state index in [1.807, 2.05) is 0 Å². The lowest BCUT2D eigenvalue weighted by Gasteiger charge is -2.42. The molecule has 2 nitrogen and oxygen atoms in total. The summed E-state index contributed by atoms with van der Waals surface area (Å²) >= 11 is 0. The fraction of sp³-hybridized carbons (Fsp3) is 0.625. The molecule has 2 N–H and O–H groups in total. The minimum Gasteiger partial charge on any atom is -0.496 e. The van der Waals surface area contributed by atoms with Crippen molar-refractivity contribution in [3.8, 4) is 5.75 Å². The maximum absolute atomic E-state index is 13.5. The molecule has 0 saturated heterocycles. The van der Waals surface area contributed by atoms with E-state index in [4.69, 9.17) is 10.5 Å². The molecule has 1 saturated carbocycles. The van der Waals surface area contributed by atoms with E-state index in [9.17, 15) is 4.39 Å². The molecule has 1 aromatic rings. The summed E-state index contributed by atoms with van der Waals surface area (Å²) in [7, 11) is 1.61. The zero-order valence-corrected chi connectivity index (χ0v) is 12.1. The van der Waals surface area contributed by atoms with Crippen LogP contribution in [0.15, 0.2) is 18.2 Å². The van der Waals surface area contributed by atoms with E-state index in [-0.39, 0.29) is 17.3 Å². The first-order chi connectivity index (χ1) is 8.95. The molecule has 1 fully saturated rings. The van der Waals surface area contributed by atoms with Crippen molar-refractivity contribution in [1.29, 1.82) is 0 Å². The molecule has 106 valence electrons. The molecule has 0 spiro atoms. The summed E-state index contributed by atoms with van der Waals surface area (Å²) in [5, 5.41) is 0. The third-order valence-corrected chi connectivity index (χ3v) is 4.57. The highest BCUT2D eigenvalue weighted by molar-refractivity contribution is 5.37. The van der Waals surface area contributed by atoms with Gasteiger partial charge in [0.05, 0.1) is 7.11 Å². The van der Waals surface area contributed by atoms with Gasteiger partial charge in [-0.15, -0.1) is 0 Å². The lowest BCUT2D eigenvalue weighted by atomic mass is 9.65. The van der Waals surface area contributed by atoms with Gasteiger partial charge in [0.25, 0.3) is 0 Å². The van der Waals surface area contributed by atoms with Gasteiger partial charge < -0.3 is 10.5 Å². The Hall–Kier alpha value is -1.09.